The van der Waals surface area contributed by atoms with E-state index in [1.165, 1.54) is 4.57 Å². The van der Waals surface area contributed by atoms with Crippen molar-refractivity contribution in [3.63, 3.8) is 0 Å². The largest absolute Gasteiger partial charge is 0.419 e. The number of aromatic nitrogens is 1. The van der Waals surface area contributed by atoms with E-state index in [-0.39, 0.29) is 17.4 Å². The highest BCUT2D eigenvalue weighted by atomic mass is 32.2. The molecule has 2 atom stereocenters. The zero-order chi connectivity index (χ0) is 24.6. The van der Waals surface area contributed by atoms with Crippen LogP contribution in [0.2, 0.25) is 0 Å². The van der Waals surface area contributed by atoms with Gasteiger partial charge in [0.25, 0.3) is 5.91 Å². The van der Waals surface area contributed by atoms with Crippen LogP contribution in [0.1, 0.15) is 41.9 Å². The molecule has 2 aromatic rings. The standard InChI is InChI=1S/C18H17F4N3O2S.C2H6.CH4O/c1-3-10-4-6-12-15(28(27)24-10)9-25(2)16(12)17(26)23-11-5-7-14(19)13(8-11)18(20,21)22;2*1-2/h3,5,7-10,24H,1,4,6H2,2H3,(H,23,26);1-2H3;2H,1H3/t10-,28?;;/m0../s1. The van der Waals surface area contributed by atoms with Crippen molar-refractivity contribution in [2.75, 3.05) is 12.4 Å². The molecule has 1 aromatic carbocycles. The van der Waals surface area contributed by atoms with E-state index in [1.54, 1.807) is 19.3 Å². The van der Waals surface area contributed by atoms with Gasteiger partial charge in [0.1, 0.15) is 22.5 Å². The molecular formula is C21H27F4N3O3S. The van der Waals surface area contributed by atoms with Crippen molar-refractivity contribution < 1.29 is 31.7 Å². The molecule has 3 N–H and O–H groups in total. The van der Waals surface area contributed by atoms with Gasteiger partial charge in [-0.3, -0.25) is 4.79 Å². The average molecular weight is 478 g/mol. The molecule has 1 aromatic heterocycles. The average Bonchev–Trinajstić information content (AvgIpc) is 3.02. The number of nitrogens with one attached hydrogen (secondary N) is 2. The summed E-state index contributed by atoms with van der Waals surface area (Å²) < 4.78 is 68.9. The fourth-order valence-electron chi connectivity index (χ4n) is 3.08. The molecule has 0 saturated heterocycles. The van der Waals surface area contributed by atoms with Crippen LogP contribution >= 0.6 is 0 Å². The van der Waals surface area contributed by atoms with E-state index in [9.17, 15) is 26.6 Å². The summed E-state index contributed by atoms with van der Waals surface area (Å²) >= 11 is 0. The Labute approximate surface area is 186 Å². The second-order valence-corrected chi connectivity index (χ2v) is 7.56. The molecule has 0 fully saturated rings. The van der Waals surface area contributed by atoms with Crippen LogP contribution < -0.4 is 10.0 Å². The number of aliphatic hydroxyl groups is 1. The second kappa shape index (κ2) is 11.9. The summed E-state index contributed by atoms with van der Waals surface area (Å²) in [6, 6.07) is 2.05. The number of hydrogen-bond donors (Lipinski definition) is 3. The Balaban J connectivity index is 0.00000121. The van der Waals surface area contributed by atoms with E-state index >= 15 is 0 Å². The molecule has 3 rings (SSSR count). The fraction of sp³-hybridized carbons (Fsp3) is 0.381. The number of fused-ring (bicyclic) bond motifs is 1. The Hall–Kier alpha value is -2.50. The minimum Gasteiger partial charge on any atom is -0.400 e. The highest BCUT2D eigenvalue weighted by Crippen LogP contribution is 2.33. The third-order valence-corrected chi connectivity index (χ3v) is 5.71. The van der Waals surface area contributed by atoms with E-state index in [0.29, 0.717) is 35.4 Å². The number of amides is 1. The number of rotatable bonds is 3. The number of hydrogen-bond acceptors (Lipinski definition) is 3. The Kier molecular flexibility index (Phi) is 10.3. The highest BCUT2D eigenvalue weighted by Gasteiger charge is 2.34. The van der Waals surface area contributed by atoms with E-state index in [1.807, 2.05) is 13.8 Å². The Morgan fingerprint density at radius 3 is 2.53 bits per heavy atom. The zero-order valence-electron chi connectivity index (χ0n) is 18.2. The highest BCUT2D eigenvalue weighted by molar-refractivity contribution is 7.83. The number of aryl methyl sites for hydroxylation is 1. The topological polar surface area (TPSA) is 83.4 Å². The van der Waals surface area contributed by atoms with Crippen LogP contribution in [0.4, 0.5) is 23.2 Å². The second-order valence-electron chi connectivity index (χ2n) is 6.35. The summed E-state index contributed by atoms with van der Waals surface area (Å²) in [4.78, 5) is 13.2. The Bertz CT molecular complexity index is 974. The first-order valence-corrected chi connectivity index (χ1v) is 10.9. The van der Waals surface area contributed by atoms with Gasteiger partial charge in [0, 0.05) is 37.6 Å². The van der Waals surface area contributed by atoms with E-state index in [0.717, 1.165) is 13.2 Å². The summed E-state index contributed by atoms with van der Waals surface area (Å²) in [6.45, 7) is 7.67. The molecule has 1 aliphatic heterocycles. The third kappa shape index (κ3) is 6.27. The number of carbonyl (C=O) groups excluding carboxylic acids is 1. The molecule has 6 nitrogen and oxygen atoms in total. The molecule has 32 heavy (non-hydrogen) atoms. The van der Waals surface area contributed by atoms with Crippen LogP contribution in [-0.2, 0) is 30.6 Å². The minimum atomic E-state index is -4.88. The lowest BCUT2D eigenvalue weighted by molar-refractivity contribution is -0.139. The lowest BCUT2D eigenvalue weighted by Gasteiger charge is -2.12. The number of aliphatic hydroxyl groups excluding tert-OH is 1. The number of alkyl halides is 3. The van der Waals surface area contributed by atoms with Crippen molar-refractivity contribution in [3.05, 3.63) is 59.7 Å². The lowest BCUT2D eigenvalue weighted by atomic mass is 10.1. The fourth-order valence-corrected chi connectivity index (χ4v) is 4.38. The Morgan fingerprint density at radius 1 is 1.34 bits per heavy atom. The third-order valence-electron chi connectivity index (χ3n) is 4.44. The van der Waals surface area contributed by atoms with Gasteiger partial charge in [-0.05, 0) is 31.0 Å². The summed E-state index contributed by atoms with van der Waals surface area (Å²) in [7, 11) is 1.03. The van der Waals surface area contributed by atoms with Gasteiger partial charge in [0.05, 0.1) is 10.5 Å². The van der Waals surface area contributed by atoms with Crippen LogP contribution in [0.15, 0.2) is 41.9 Å². The predicted molar refractivity (Wildman–Crippen MR) is 116 cm³/mol. The minimum absolute atomic E-state index is 0.188. The molecule has 0 saturated carbocycles. The first kappa shape index (κ1) is 27.5. The van der Waals surface area contributed by atoms with Gasteiger partial charge < -0.3 is 15.0 Å². The molecule has 2 heterocycles. The quantitative estimate of drug-likeness (QED) is 0.458. The Morgan fingerprint density at radius 2 is 1.97 bits per heavy atom. The van der Waals surface area contributed by atoms with Crippen LogP contribution in [-0.4, -0.2) is 32.9 Å². The molecule has 1 aliphatic rings. The maximum Gasteiger partial charge on any atom is 0.419 e. The molecule has 0 spiro atoms. The van der Waals surface area contributed by atoms with Gasteiger partial charge in [-0.25, -0.2) is 13.3 Å². The van der Waals surface area contributed by atoms with Crippen LogP contribution in [0.25, 0.3) is 0 Å². The SMILES string of the molecule is C=C[C@H]1CCc2c(cn(C)c2C(=O)Nc2ccc(F)c(C(F)(F)F)c2)S(=O)N1.CC.CO. The molecule has 1 unspecified atom stereocenters. The number of anilines is 1. The summed E-state index contributed by atoms with van der Waals surface area (Å²) in [5, 5.41) is 9.37. The molecular weight excluding hydrogens is 450 g/mol. The van der Waals surface area contributed by atoms with E-state index in [2.05, 4.69) is 16.6 Å². The van der Waals surface area contributed by atoms with Crippen LogP contribution in [0.5, 0.6) is 0 Å². The normalized spacial score (nSPS) is 17.5. The monoisotopic (exact) mass is 477 g/mol. The van der Waals surface area contributed by atoms with Gasteiger partial charge in [-0.1, -0.05) is 19.9 Å². The summed E-state index contributed by atoms with van der Waals surface area (Å²) in [6.07, 6.45) is -0.715. The van der Waals surface area contributed by atoms with Gasteiger partial charge in [-0.15, -0.1) is 6.58 Å². The molecule has 178 valence electrons. The molecule has 11 heteroatoms. The number of nitrogens with zero attached hydrogens (tertiary/aromatic N) is 1. The van der Waals surface area contributed by atoms with Crippen molar-refractivity contribution in [2.24, 2.45) is 7.05 Å². The van der Waals surface area contributed by atoms with Gasteiger partial charge in [0.15, 0.2) is 0 Å². The van der Waals surface area contributed by atoms with E-state index in [4.69, 9.17) is 5.11 Å². The lowest BCUT2D eigenvalue weighted by Crippen LogP contribution is -2.27. The van der Waals surface area contributed by atoms with Crippen molar-refractivity contribution in [1.82, 2.24) is 9.29 Å². The zero-order valence-corrected chi connectivity index (χ0v) is 19.0. The molecule has 0 radical (unpaired) electrons. The maximum atomic E-state index is 13.4. The van der Waals surface area contributed by atoms with Gasteiger partial charge in [-0.2, -0.15) is 13.2 Å². The predicted octanol–water partition coefficient (Wildman–Crippen LogP) is 4.18. The first-order chi connectivity index (χ1) is 15.1. The van der Waals surface area contributed by atoms with E-state index < -0.39 is 34.4 Å². The smallest absolute Gasteiger partial charge is 0.400 e. The van der Waals surface area contributed by atoms with Crippen molar-refractivity contribution in [3.8, 4) is 0 Å². The van der Waals surface area contributed by atoms with Crippen molar-refractivity contribution in [1.29, 1.82) is 0 Å². The van der Waals surface area contributed by atoms with Gasteiger partial charge >= 0.3 is 6.18 Å². The summed E-state index contributed by atoms with van der Waals surface area (Å²) in [5.41, 5.74) is -0.915. The maximum absolute atomic E-state index is 13.4. The molecule has 0 aliphatic carbocycles. The summed E-state index contributed by atoms with van der Waals surface area (Å²) in [5.74, 6) is -2.09. The van der Waals surface area contributed by atoms with Crippen molar-refractivity contribution >= 4 is 22.6 Å². The number of benzene rings is 1. The van der Waals surface area contributed by atoms with Crippen molar-refractivity contribution in [2.45, 2.75) is 43.8 Å². The first-order valence-electron chi connectivity index (χ1n) is 9.73. The number of halogens is 4. The molecule has 1 amide bonds. The van der Waals surface area contributed by atoms with Crippen LogP contribution in [0.3, 0.4) is 0 Å². The number of carbonyl (C=O) groups is 1. The van der Waals surface area contributed by atoms with Crippen LogP contribution in [0, 0.1) is 5.82 Å². The van der Waals surface area contributed by atoms with Gasteiger partial charge in [0.2, 0.25) is 0 Å². The molecule has 0 bridgehead atoms.